The normalized spacial score (nSPS) is 10.7. The van der Waals surface area contributed by atoms with Crippen molar-refractivity contribution < 1.29 is 4.79 Å². The highest BCUT2D eigenvalue weighted by Crippen LogP contribution is 2.29. The Morgan fingerprint density at radius 1 is 1.53 bits per heavy atom. The highest BCUT2D eigenvalue weighted by atomic mass is 32.1. The van der Waals surface area contributed by atoms with E-state index in [1.54, 1.807) is 7.05 Å². The summed E-state index contributed by atoms with van der Waals surface area (Å²) in [4.78, 5) is 15.7. The molecule has 1 heterocycles. The Balaban J connectivity index is 2.33. The van der Waals surface area contributed by atoms with Crippen LogP contribution in [-0.4, -0.2) is 24.5 Å². The molecule has 0 fully saturated rings. The van der Waals surface area contributed by atoms with E-state index in [4.69, 9.17) is 5.73 Å². The minimum absolute atomic E-state index is 0.0660. The fraction of sp³-hybridized carbons (Fsp3) is 0.273. The summed E-state index contributed by atoms with van der Waals surface area (Å²) in [6.07, 6.45) is 0. The molecule has 4 N–H and O–H groups in total. The SMILES string of the molecule is CNCC(=O)Nc1cc(C)c2nc(N)sc2c1. The Morgan fingerprint density at radius 3 is 3.00 bits per heavy atom. The van der Waals surface area contributed by atoms with Crippen LogP contribution in [-0.2, 0) is 4.79 Å². The highest BCUT2D eigenvalue weighted by Gasteiger charge is 2.08. The number of thiazole rings is 1. The van der Waals surface area contributed by atoms with Gasteiger partial charge in [0.1, 0.15) is 0 Å². The molecule has 90 valence electrons. The number of nitrogens with zero attached hydrogens (tertiary/aromatic N) is 1. The maximum absolute atomic E-state index is 11.5. The van der Waals surface area contributed by atoms with Gasteiger partial charge in [-0.1, -0.05) is 11.3 Å². The number of hydrogen-bond acceptors (Lipinski definition) is 5. The number of nitrogen functional groups attached to an aromatic ring is 1. The number of rotatable bonds is 3. The van der Waals surface area contributed by atoms with Gasteiger partial charge in [0.15, 0.2) is 5.13 Å². The van der Waals surface area contributed by atoms with E-state index in [2.05, 4.69) is 15.6 Å². The molecule has 6 heteroatoms. The van der Waals surface area contributed by atoms with Crippen LogP contribution in [0.25, 0.3) is 10.2 Å². The number of amides is 1. The van der Waals surface area contributed by atoms with Gasteiger partial charge in [0, 0.05) is 5.69 Å². The molecule has 17 heavy (non-hydrogen) atoms. The van der Waals surface area contributed by atoms with Crippen LogP contribution < -0.4 is 16.4 Å². The molecule has 1 aromatic carbocycles. The second kappa shape index (κ2) is 4.68. The molecular formula is C11H14N4OS. The van der Waals surface area contributed by atoms with E-state index in [-0.39, 0.29) is 5.91 Å². The van der Waals surface area contributed by atoms with Crippen molar-refractivity contribution in [3.05, 3.63) is 17.7 Å². The van der Waals surface area contributed by atoms with Gasteiger partial charge in [-0.15, -0.1) is 0 Å². The lowest BCUT2D eigenvalue weighted by molar-refractivity contribution is -0.115. The van der Waals surface area contributed by atoms with E-state index < -0.39 is 0 Å². The maximum atomic E-state index is 11.5. The van der Waals surface area contributed by atoms with Crippen molar-refractivity contribution in [1.82, 2.24) is 10.3 Å². The number of carbonyl (C=O) groups is 1. The summed E-state index contributed by atoms with van der Waals surface area (Å²) in [6, 6.07) is 3.79. The van der Waals surface area contributed by atoms with Crippen molar-refractivity contribution in [1.29, 1.82) is 0 Å². The molecule has 0 radical (unpaired) electrons. The molecule has 0 spiro atoms. The van der Waals surface area contributed by atoms with Crippen molar-refractivity contribution in [3.63, 3.8) is 0 Å². The van der Waals surface area contributed by atoms with Crippen molar-refractivity contribution in [2.24, 2.45) is 0 Å². The Morgan fingerprint density at radius 2 is 2.29 bits per heavy atom. The summed E-state index contributed by atoms with van der Waals surface area (Å²) in [7, 11) is 1.73. The zero-order valence-electron chi connectivity index (χ0n) is 9.70. The van der Waals surface area contributed by atoms with Gasteiger partial charge in [-0.25, -0.2) is 4.98 Å². The van der Waals surface area contributed by atoms with E-state index >= 15 is 0 Å². The Kier molecular flexibility index (Phi) is 3.26. The molecule has 1 aromatic heterocycles. The van der Waals surface area contributed by atoms with Crippen molar-refractivity contribution in [3.8, 4) is 0 Å². The molecule has 0 saturated heterocycles. The molecule has 0 bridgehead atoms. The number of carbonyl (C=O) groups excluding carboxylic acids is 1. The summed E-state index contributed by atoms with van der Waals surface area (Å²) >= 11 is 1.42. The van der Waals surface area contributed by atoms with Gasteiger partial charge in [0.25, 0.3) is 0 Å². The lowest BCUT2D eigenvalue weighted by Gasteiger charge is -2.06. The number of hydrogen-bond donors (Lipinski definition) is 3. The number of aromatic nitrogens is 1. The van der Waals surface area contributed by atoms with Gasteiger partial charge < -0.3 is 16.4 Å². The van der Waals surface area contributed by atoms with Crippen LogP contribution in [0.3, 0.4) is 0 Å². The second-order valence-electron chi connectivity index (χ2n) is 3.77. The minimum Gasteiger partial charge on any atom is -0.375 e. The smallest absolute Gasteiger partial charge is 0.238 e. The molecule has 0 atom stereocenters. The molecule has 5 nitrogen and oxygen atoms in total. The zero-order valence-corrected chi connectivity index (χ0v) is 10.5. The number of nitrogens with two attached hydrogens (primary N) is 1. The number of aryl methyl sites for hydroxylation is 1. The minimum atomic E-state index is -0.0660. The van der Waals surface area contributed by atoms with E-state index in [0.717, 1.165) is 21.5 Å². The first-order valence-corrected chi connectivity index (χ1v) is 6.03. The Hall–Kier alpha value is -1.66. The number of nitrogens with one attached hydrogen (secondary N) is 2. The summed E-state index contributed by atoms with van der Waals surface area (Å²) in [6.45, 7) is 2.25. The predicted octanol–water partition coefficient (Wildman–Crippen LogP) is 1.34. The van der Waals surface area contributed by atoms with Gasteiger partial charge in [0.2, 0.25) is 5.91 Å². The monoisotopic (exact) mass is 250 g/mol. The van der Waals surface area contributed by atoms with Crippen LogP contribution in [0, 0.1) is 6.92 Å². The third-order valence-electron chi connectivity index (χ3n) is 2.32. The fourth-order valence-electron chi connectivity index (χ4n) is 1.65. The van der Waals surface area contributed by atoms with E-state index in [0.29, 0.717) is 11.7 Å². The lowest BCUT2D eigenvalue weighted by atomic mass is 10.2. The van der Waals surface area contributed by atoms with Gasteiger partial charge in [0.05, 0.1) is 16.8 Å². The standard InChI is InChI=1S/C11H14N4OS/c1-6-3-7(14-9(16)5-13-2)4-8-10(6)15-11(12)17-8/h3-4,13H,5H2,1-2H3,(H2,12,15)(H,14,16). The first kappa shape index (κ1) is 11.8. The van der Waals surface area contributed by atoms with Crippen molar-refractivity contribution in [2.45, 2.75) is 6.92 Å². The predicted molar refractivity (Wildman–Crippen MR) is 71.3 cm³/mol. The van der Waals surface area contributed by atoms with Gasteiger partial charge in [-0.2, -0.15) is 0 Å². The van der Waals surface area contributed by atoms with Crippen molar-refractivity contribution >= 4 is 38.3 Å². The first-order chi connectivity index (χ1) is 8.10. The number of likely N-dealkylation sites (N-methyl/N-ethyl adjacent to an activating group) is 1. The molecular weight excluding hydrogens is 236 g/mol. The van der Waals surface area contributed by atoms with Crippen LogP contribution in [0.4, 0.5) is 10.8 Å². The van der Waals surface area contributed by atoms with Gasteiger partial charge >= 0.3 is 0 Å². The molecule has 0 unspecified atom stereocenters. The van der Waals surface area contributed by atoms with Crippen LogP contribution in [0.15, 0.2) is 12.1 Å². The highest BCUT2D eigenvalue weighted by molar-refractivity contribution is 7.22. The molecule has 0 aliphatic rings. The first-order valence-electron chi connectivity index (χ1n) is 5.21. The summed E-state index contributed by atoms with van der Waals surface area (Å²) in [5.74, 6) is -0.0660. The Bertz CT molecular complexity index is 564. The van der Waals surface area contributed by atoms with E-state index in [9.17, 15) is 4.79 Å². The van der Waals surface area contributed by atoms with Crippen LogP contribution in [0.1, 0.15) is 5.56 Å². The molecule has 2 aromatic rings. The average molecular weight is 250 g/mol. The molecule has 0 saturated carbocycles. The van der Waals surface area contributed by atoms with Crippen molar-refractivity contribution in [2.75, 3.05) is 24.6 Å². The second-order valence-corrected chi connectivity index (χ2v) is 4.83. The topological polar surface area (TPSA) is 80.0 Å². The zero-order chi connectivity index (χ0) is 12.4. The number of fused-ring (bicyclic) bond motifs is 1. The van der Waals surface area contributed by atoms with Crippen LogP contribution in [0.5, 0.6) is 0 Å². The van der Waals surface area contributed by atoms with E-state index in [1.165, 1.54) is 11.3 Å². The number of anilines is 2. The van der Waals surface area contributed by atoms with Crippen LogP contribution in [0.2, 0.25) is 0 Å². The molecule has 0 aliphatic carbocycles. The third-order valence-corrected chi connectivity index (χ3v) is 3.15. The quantitative estimate of drug-likeness (QED) is 0.768. The van der Waals surface area contributed by atoms with Crippen LogP contribution >= 0.6 is 11.3 Å². The van der Waals surface area contributed by atoms with E-state index in [1.807, 2.05) is 19.1 Å². The van der Waals surface area contributed by atoms with Gasteiger partial charge in [-0.05, 0) is 31.7 Å². The summed E-state index contributed by atoms with van der Waals surface area (Å²) in [5.41, 5.74) is 8.36. The number of benzene rings is 1. The maximum Gasteiger partial charge on any atom is 0.238 e. The molecule has 1 amide bonds. The summed E-state index contributed by atoms with van der Waals surface area (Å²) in [5, 5.41) is 6.17. The van der Waals surface area contributed by atoms with Gasteiger partial charge in [-0.3, -0.25) is 4.79 Å². The summed E-state index contributed by atoms with van der Waals surface area (Å²) < 4.78 is 0.988. The molecule has 0 aliphatic heterocycles. The third kappa shape index (κ3) is 2.54. The average Bonchev–Trinajstić information content (AvgIpc) is 2.59. The Labute approximate surface area is 103 Å². The molecule has 2 rings (SSSR count). The lowest BCUT2D eigenvalue weighted by Crippen LogP contribution is -2.25. The fourth-order valence-corrected chi connectivity index (χ4v) is 2.50. The largest absolute Gasteiger partial charge is 0.375 e.